The summed E-state index contributed by atoms with van der Waals surface area (Å²) in [7, 11) is 1.62. The number of hydrogen-bond donors (Lipinski definition) is 1. The summed E-state index contributed by atoms with van der Waals surface area (Å²) in [6.45, 7) is 3.89. The van der Waals surface area contributed by atoms with Crippen molar-refractivity contribution in [1.29, 1.82) is 0 Å². The van der Waals surface area contributed by atoms with Crippen molar-refractivity contribution in [3.8, 4) is 17.0 Å². The number of aromatic nitrogens is 2. The van der Waals surface area contributed by atoms with E-state index in [1.54, 1.807) is 29.0 Å². The Morgan fingerprint density at radius 3 is 2.43 bits per heavy atom. The SMILES string of the molecule is COc1ccc(-c2n[nH]c(C)c2CC(=O)N2CCN(C(=O)c3ccco3)CC2)cc1. The van der Waals surface area contributed by atoms with E-state index < -0.39 is 0 Å². The molecule has 30 heavy (non-hydrogen) atoms. The van der Waals surface area contributed by atoms with Gasteiger partial charge in [-0.15, -0.1) is 0 Å². The van der Waals surface area contributed by atoms with Crippen LogP contribution in [0.5, 0.6) is 5.75 Å². The molecule has 3 aromatic rings. The molecule has 1 fully saturated rings. The van der Waals surface area contributed by atoms with Gasteiger partial charge >= 0.3 is 0 Å². The first-order valence-electron chi connectivity index (χ1n) is 9.85. The second kappa shape index (κ2) is 8.44. The summed E-state index contributed by atoms with van der Waals surface area (Å²) in [6, 6.07) is 11.0. The second-order valence-corrected chi connectivity index (χ2v) is 7.23. The molecule has 1 saturated heterocycles. The molecule has 1 aliphatic heterocycles. The van der Waals surface area contributed by atoms with Gasteiger partial charge in [0.2, 0.25) is 5.91 Å². The lowest BCUT2D eigenvalue weighted by Crippen LogP contribution is -2.51. The van der Waals surface area contributed by atoms with Crippen molar-refractivity contribution >= 4 is 11.8 Å². The van der Waals surface area contributed by atoms with Gasteiger partial charge in [-0.3, -0.25) is 14.7 Å². The Labute approximate surface area is 174 Å². The van der Waals surface area contributed by atoms with Crippen molar-refractivity contribution in [2.75, 3.05) is 33.3 Å². The third-order valence-electron chi connectivity index (χ3n) is 5.42. The molecule has 1 N–H and O–H groups in total. The highest BCUT2D eigenvalue weighted by Crippen LogP contribution is 2.26. The van der Waals surface area contributed by atoms with Crippen molar-refractivity contribution in [3.05, 3.63) is 59.7 Å². The molecular weight excluding hydrogens is 384 g/mol. The summed E-state index contributed by atoms with van der Waals surface area (Å²) < 4.78 is 10.4. The minimum Gasteiger partial charge on any atom is -0.497 e. The molecule has 2 amide bonds. The fourth-order valence-electron chi connectivity index (χ4n) is 3.63. The summed E-state index contributed by atoms with van der Waals surface area (Å²) in [5.74, 6) is 0.984. The van der Waals surface area contributed by atoms with E-state index in [1.165, 1.54) is 6.26 Å². The number of carbonyl (C=O) groups is 2. The van der Waals surface area contributed by atoms with Crippen molar-refractivity contribution in [3.63, 3.8) is 0 Å². The number of amides is 2. The van der Waals surface area contributed by atoms with Gasteiger partial charge in [0.05, 0.1) is 25.5 Å². The van der Waals surface area contributed by atoms with Gasteiger partial charge in [0.15, 0.2) is 5.76 Å². The van der Waals surface area contributed by atoms with E-state index in [2.05, 4.69) is 10.2 Å². The van der Waals surface area contributed by atoms with Crippen LogP contribution in [0.1, 0.15) is 21.8 Å². The Hall–Kier alpha value is -3.55. The van der Waals surface area contributed by atoms with Crippen molar-refractivity contribution in [2.45, 2.75) is 13.3 Å². The van der Waals surface area contributed by atoms with Crippen LogP contribution in [0.2, 0.25) is 0 Å². The average molecular weight is 408 g/mol. The summed E-state index contributed by atoms with van der Waals surface area (Å²) in [4.78, 5) is 28.9. The number of nitrogens with one attached hydrogen (secondary N) is 1. The van der Waals surface area contributed by atoms with Crippen LogP contribution in [0.4, 0.5) is 0 Å². The van der Waals surface area contributed by atoms with E-state index in [0.717, 1.165) is 28.3 Å². The summed E-state index contributed by atoms with van der Waals surface area (Å²) in [6.07, 6.45) is 1.75. The van der Waals surface area contributed by atoms with Crippen LogP contribution in [0.3, 0.4) is 0 Å². The molecule has 0 bridgehead atoms. The van der Waals surface area contributed by atoms with Gasteiger partial charge in [-0.1, -0.05) is 0 Å². The van der Waals surface area contributed by atoms with Crippen LogP contribution in [-0.4, -0.2) is 65.1 Å². The lowest BCUT2D eigenvalue weighted by Gasteiger charge is -2.34. The molecule has 1 aliphatic rings. The topological polar surface area (TPSA) is 91.7 Å². The Balaban J connectivity index is 1.41. The van der Waals surface area contributed by atoms with Gasteiger partial charge < -0.3 is 19.0 Å². The fourth-order valence-corrected chi connectivity index (χ4v) is 3.63. The third kappa shape index (κ3) is 3.94. The zero-order valence-corrected chi connectivity index (χ0v) is 17.1. The molecule has 4 rings (SSSR count). The molecule has 1 aromatic carbocycles. The van der Waals surface area contributed by atoms with Crippen molar-refractivity contribution < 1.29 is 18.7 Å². The molecule has 3 heterocycles. The lowest BCUT2D eigenvalue weighted by molar-refractivity contribution is -0.131. The Bertz CT molecular complexity index is 1020. The Morgan fingerprint density at radius 2 is 1.80 bits per heavy atom. The number of benzene rings is 1. The van der Waals surface area contributed by atoms with E-state index in [4.69, 9.17) is 9.15 Å². The number of H-pyrrole nitrogens is 1. The van der Waals surface area contributed by atoms with E-state index in [0.29, 0.717) is 31.9 Å². The molecule has 2 aromatic heterocycles. The van der Waals surface area contributed by atoms with Gasteiger partial charge in [0.1, 0.15) is 5.75 Å². The first kappa shape index (κ1) is 19.8. The van der Waals surface area contributed by atoms with Crippen LogP contribution in [0.25, 0.3) is 11.3 Å². The van der Waals surface area contributed by atoms with Gasteiger partial charge in [-0.25, -0.2) is 0 Å². The monoisotopic (exact) mass is 408 g/mol. The number of carbonyl (C=O) groups excluding carboxylic acids is 2. The van der Waals surface area contributed by atoms with Crippen LogP contribution < -0.4 is 4.74 Å². The van der Waals surface area contributed by atoms with Crippen LogP contribution in [-0.2, 0) is 11.2 Å². The molecule has 0 radical (unpaired) electrons. The minimum absolute atomic E-state index is 0.0272. The van der Waals surface area contributed by atoms with Gasteiger partial charge in [0.25, 0.3) is 5.91 Å². The predicted molar refractivity (Wildman–Crippen MR) is 110 cm³/mol. The number of furan rings is 1. The second-order valence-electron chi connectivity index (χ2n) is 7.23. The largest absolute Gasteiger partial charge is 0.497 e. The highest BCUT2D eigenvalue weighted by atomic mass is 16.5. The maximum atomic E-state index is 12.9. The number of hydrogen-bond acceptors (Lipinski definition) is 5. The lowest BCUT2D eigenvalue weighted by atomic mass is 10.0. The number of aromatic amines is 1. The molecule has 0 saturated carbocycles. The number of aryl methyl sites for hydroxylation is 1. The third-order valence-corrected chi connectivity index (χ3v) is 5.42. The van der Waals surface area contributed by atoms with Crippen LogP contribution >= 0.6 is 0 Å². The minimum atomic E-state index is -0.139. The van der Waals surface area contributed by atoms with Crippen molar-refractivity contribution in [2.24, 2.45) is 0 Å². The molecule has 8 heteroatoms. The zero-order chi connectivity index (χ0) is 21.1. The maximum absolute atomic E-state index is 12.9. The zero-order valence-electron chi connectivity index (χ0n) is 17.1. The molecule has 0 unspecified atom stereocenters. The van der Waals surface area contributed by atoms with Crippen molar-refractivity contribution in [1.82, 2.24) is 20.0 Å². The molecule has 0 atom stereocenters. The quantitative estimate of drug-likeness (QED) is 0.700. The fraction of sp³-hybridized carbons (Fsp3) is 0.318. The predicted octanol–water partition coefficient (Wildman–Crippen LogP) is 2.51. The first-order chi connectivity index (χ1) is 14.6. The maximum Gasteiger partial charge on any atom is 0.289 e. The number of nitrogens with zero attached hydrogens (tertiary/aromatic N) is 3. The van der Waals surface area contributed by atoms with E-state index in [9.17, 15) is 9.59 Å². The van der Waals surface area contributed by atoms with Crippen LogP contribution in [0.15, 0.2) is 47.1 Å². The molecule has 8 nitrogen and oxygen atoms in total. The summed E-state index contributed by atoms with van der Waals surface area (Å²) in [5, 5.41) is 7.40. The first-order valence-corrected chi connectivity index (χ1v) is 9.85. The summed E-state index contributed by atoms with van der Waals surface area (Å²) in [5.41, 5.74) is 3.46. The van der Waals surface area contributed by atoms with Gasteiger partial charge in [-0.05, 0) is 43.3 Å². The number of ether oxygens (including phenoxy) is 1. The van der Waals surface area contributed by atoms with E-state index in [-0.39, 0.29) is 18.2 Å². The summed E-state index contributed by atoms with van der Waals surface area (Å²) >= 11 is 0. The number of methoxy groups -OCH3 is 1. The Kier molecular flexibility index (Phi) is 5.56. The molecular formula is C22H24N4O4. The Morgan fingerprint density at radius 1 is 1.10 bits per heavy atom. The molecule has 0 aliphatic carbocycles. The highest BCUT2D eigenvalue weighted by Gasteiger charge is 2.27. The standard InChI is InChI=1S/C22H24N4O4/c1-15-18(21(24-23-15)16-5-7-17(29-2)8-6-16)14-20(27)25-9-11-26(12-10-25)22(28)19-4-3-13-30-19/h3-8,13H,9-12,14H2,1-2H3,(H,23,24). The molecule has 156 valence electrons. The average Bonchev–Trinajstić information content (AvgIpc) is 3.44. The highest BCUT2D eigenvalue weighted by molar-refractivity contribution is 5.91. The smallest absolute Gasteiger partial charge is 0.289 e. The number of piperazine rings is 1. The molecule has 0 spiro atoms. The van der Waals surface area contributed by atoms with E-state index >= 15 is 0 Å². The van der Waals surface area contributed by atoms with Crippen LogP contribution in [0, 0.1) is 6.92 Å². The van der Waals surface area contributed by atoms with E-state index in [1.807, 2.05) is 31.2 Å². The normalized spacial score (nSPS) is 14.1. The number of rotatable bonds is 5. The van der Waals surface area contributed by atoms with Gasteiger partial charge in [0, 0.05) is 43.0 Å². The van der Waals surface area contributed by atoms with Gasteiger partial charge in [-0.2, -0.15) is 5.10 Å².